The van der Waals surface area contributed by atoms with Crippen LogP contribution in [-0.2, 0) is 0 Å². The Bertz CT molecular complexity index is 485. The Hall–Kier alpha value is -1.61. The average Bonchev–Trinajstić information content (AvgIpc) is 2.43. The summed E-state index contributed by atoms with van der Waals surface area (Å²) in [5.41, 5.74) is 0.0912. The van der Waals surface area contributed by atoms with Crippen LogP contribution in [0.5, 0.6) is 5.75 Å². The molecule has 0 radical (unpaired) electrons. The zero-order valence-corrected chi connectivity index (χ0v) is 12.2. The van der Waals surface area contributed by atoms with Crippen molar-refractivity contribution in [3.05, 3.63) is 33.9 Å². The van der Waals surface area contributed by atoms with Crippen molar-refractivity contribution in [3.8, 4) is 11.8 Å². The van der Waals surface area contributed by atoms with Gasteiger partial charge in [0.05, 0.1) is 23.2 Å². The minimum atomic E-state index is -0.529. The number of ether oxygens (including phenoxy) is 1. The molecule has 1 aromatic carbocycles. The van der Waals surface area contributed by atoms with E-state index in [-0.39, 0.29) is 17.0 Å². The van der Waals surface area contributed by atoms with Crippen LogP contribution in [0.4, 0.5) is 5.69 Å². The molecule has 19 heavy (non-hydrogen) atoms. The zero-order chi connectivity index (χ0) is 14.3. The molecule has 1 unspecified atom stereocenters. The summed E-state index contributed by atoms with van der Waals surface area (Å²) in [6.45, 7) is 2.51. The molecule has 1 rings (SSSR count). The largest absolute Gasteiger partial charge is 0.486 e. The van der Waals surface area contributed by atoms with E-state index in [1.165, 1.54) is 18.2 Å². The van der Waals surface area contributed by atoms with Gasteiger partial charge in [-0.05, 0) is 18.6 Å². The highest BCUT2D eigenvalue weighted by Crippen LogP contribution is 2.28. The maximum atomic E-state index is 10.9. The molecule has 0 heterocycles. The summed E-state index contributed by atoms with van der Waals surface area (Å²) in [5.74, 6) is 0.534. The van der Waals surface area contributed by atoms with Crippen molar-refractivity contribution >= 4 is 21.6 Å². The van der Waals surface area contributed by atoms with Crippen molar-refractivity contribution < 1.29 is 9.66 Å². The maximum Gasteiger partial charge on any atom is 0.312 e. The fourth-order valence-electron chi connectivity index (χ4n) is 1.67. The monoisotopic (exact) mass is 326 g/mol. The van der Waals surface area contributed by atoms with E-state index in [4.69, 9.17) is 10.00 Å². The smallest absolute Gasteiger partial charge is 0.312 e. The lowest BCUT2D eigenvalue weighted by Gasteiger charge is -2.14. The lowest BCUT2D eigenvalue weighted by atomic mass is 10.1. The molecule has 6 heteroatoms. The molecule has 1 aromatic rings. The summed E-state index contributed by atoms with van der Waals surface area (Å²) >= 11 is 3.40. The number of nitriles is 1. The van der Waals surface area contributed by atoms with Crippen molar-refractivity contribution in [1.29, 1.82) is 5.26 Å². The number of benzene rings is 1. The first-order valence-electron chi connectivity index (χ1n) is 5.99. The Morgan fingerprint density at radius 3 is 2.84 bits per heavy atom. The third kappa shape index (κ3) is 4.52. The Labute approximate surface area is 120 Å². The van der Waals surface area contributed by atoms with E-state index in [0.717, 1.165) is 18.2 Å². The number of hydrogen-bond donors (Lipinski definition) is 0. The van der Waals surface area contributed by atoms with E-state index in [0.29, 0.717) is 12.5 Å². The lowest BCUT2D eigenvalue weighted by Crippen LogP contribution is -2.13. The molecule has 102 valence electrons. The standard InChI is InChI=1S/C13H15BrN2O3/c1-2-3-11(7-14)9-19-13-5-4-10(8-15)6-12(13)16(17)18/h4-6,11H,2-3,7,9H2,1H3. The Balaban J connectivity index is 2.83. The van der Waals surface area contributed by atoms with Gasteiger partial charge in [0.25, 0.3) is 0 Å². The summed E-state index contributed by atoms with van der Waals surface area (Å²) < 4.78 is 5.52. The highest BCUT2D eigenvalue weighted by Gasteiger charge is 2.17. The predicted molar refractivity (Wildman–Crippen MR) is 75.5 cm³/mol. The summed E-state index contributed by atoms with van der Waals surface area (Å²) in [6, 6.07) is 6.11. The van der Waals surface area contributed by atoms with Crippen molar-refractivity contribution in [2.45, 2.75) is 19.8 Å². The molecule has 0 aliphatic rings. The molecular formula is C13H15BrN2O3. The third-order valence-corrected chi connectivity index (χ3v) is 3.59. The highest BCUT2D eigenvalue weighted by molar-refractivity contribution is 9.09. The topological polar surface area (TPSA) is 76.2 Å². The minimum Gasteiger partial charge on any atom is -0.486 e. The summed E-state index contributed by atoms with van der Waals surface area (Å²) in [5, 5.41) is 20.5. The van der Waals surface area contributed by atoms with Crippen LogP contribution < -0.4 is 4.74 Å². The van der Waals surface area contributed by atoms with Gasteiger partial charge >= 0.3 is 5.69 Å². The van der Waals surface area contributed by atoms with Crippen molar-refractivity contribution in [2.24, 2.45) is 5.92 Å². The van der Waals surface area contributed by atoms with Gasteiger partial charge in [0, 0.05) is 17.3 Å². The molecule has 0 aliphatic heterocycles. The Kier molecular flexibility index (Phi) is 6.30. The van der Waals surface area contributed by atoms with Gasteiger partial charge in [-0.1, -0.05) is 29.3 Å². The number of halogens is 1. The first-order valence-corrected chi connectivity index (χ1v) is 7.11. The molecule has 0 bridgehead atoms. The van der Waals surface area contributed by atoms with E-state index in [9.17, 15) is 10.1 Å². The van der Waals surface area contributed by atoms with Crippen LogP contribution >= 0.6 is 15.9 Å². The second kappa shape index (κ2) is 7.74. The van der Waals surface area contributed by atoms with Crippen LogP contribution in [0.2, 0.25) is 0 Å². The Morgan fingerprint density at radius 2 is 2.32 bits per heavy atom. The van der Waals surface area contributed by atoms with Crippen LogP contribution in [0, 0.1) is 27.4 Å². The number of hydrogen-bond acceptors (Lipinski definition) is 4. The van der Waals surface area contributed by atoms with Crippen molar-refractivity contribution in [3.63, 3.8) is 0 Å². The van der Waals surface area contributed by atoms with Gasteiger partial charge in [-0.2, -0.15) is 5.26 Å². The molecule has 1 atom stereocenters. The van der Waals surface area contributed by atoms with Gasteiger partial charge in [0.15, 0.2) is 5.75 Å². The lowest BCUT2D eigenvalue weighted by molar-refractivity contribution is -0.385. The van der Waals surface area contributed by atoms with Gasteiger partial charge in [0.1, 0.15) is 0 Å². The second-order valence-electron chi connectivity index (χ2n) is 4.17. The SMILES string of the molecule is CCCC(CBr)COc1ccc(C#N)cc1[N+](=O)[O-]. The normalized spacial score (nSPS) is 11.6. The van der Waals surface area contributed by atoms with Gasteiger partial charge in [-0.15, -0.1) is 0 Å². The van der Waals surface area contributed by atoms with Crippen LogP contribution in [0.3, 0.4) is 0 Å². The summed E-state index contributed by atoms with van der Waals surface area (Å²) in [6.07, 6.45) is 2.03. The van der Waals surface area contributed by atoms with Gasteiger partial charge < -0.3 is 4.74 Å². The van der Waals surface area contributed by atoms with Crippen molar-refractivity contribution in [1.82, 2.24) is 0 Å². The van der Waals surface area contributed by atoms with Gasteiger partial charge in [0.2, 0.25) is 0 Å². The molecule has 0 fully saturated rings. The highest BCUT2D eigenvalue weighted by atomic mass is 79.9. The van der Waals surface area contributed by atoms with Gasteiger partial charge in [-0.3, -0.25) is 10.1 Å². The summed E-state index contributed by atoms with van der Waals surface area (Å²) in [4.78, 5) is 10.4. The fraction of sp³-hybridized carbons (Fsp3) is 0.462. The average molecular weight is 327 g/mol. The minimum absolute atomic E-state index is 0.163. The van der Waals surface area contributed by atoms with Crippen LogP contribution in [0.15, 0.2) is 18.2 Å². The van der Waals surface area contributed by atoms with E-state index in [1.807, 2.05) is 6.07 Å². The quantitative estimate of drug-likeness (QED) is 0.435. The predicted octanol–water partition coefficient (Wildman–Crippen LogP) is 3.66. The number of nitrogens with zero attached hydrogens (tertiary/aromatic N) is 2. The number of nitro benzene ring substituents is 1. The van der Waals surface area contributed by atoms with Crippen molar-refractivity contribution in [2.75, 3.05) is 11.9 Å². The molecule has 0 aromatic heterocycles. The van der Waals surface area contributed by atoms with E-state index in [2.05, 4.69) is 22.9 Å². The maximum absolute atomic E-state index is 10.9. The summed E-state index contributed by atoms with van der Waals surface area (Å²) in [7, 11) is 0. The first kappa shape index (κ1) is 15.4. The molecule has 0 aliphatic carbocycles. The molecule has 0 saturated carbocycles. The molecule has 0 N–H and O–H groups in total. The van der Waals surface area contributed by atoms with E-state index >= 15 is 0 Å². The van der Waals surface area contributed by atoms with Crippen LogP contribution in [0.25, 0.3) is 0 Å². The first-order chi connectivity index (χ1) is 9.12. The molecule has 5 nitrogen and oxygen atoms in total. The fourth-order valence-corrected chi connectivity index (χ4v) is 2.18. The van der Waals surface area contributed by atoms with Crippen LogP contribution in [0.1, 0.15) is 25.3 Å². The molecule has 0 saturated heterocycles. The number of alkyl halides is 1. The van der Waals surface area contributed by atoms with Crippen LogP contribution in [-0.4, -0.2) is 16.9 Å². The second-order valence-corrected chi connectivity index (χ2v) is 4.82. The molecule has 0 amide bonds. The third-order valence-electron chi connectivity index (χ3n) is 2.67. The number of nitro groups is 1. The Morgan fingerprint density at radius 1 is 1.58 bits per heavy atom. The zero-order valence-electron chi connectivity index (χ0n) is 10.6. The van der Waals surface area contributed by atoms with E-state index < -0.39 is 4.92 Å². The number of rotatable bonds is 7. The molecule has 0 spiro atoms. The molecular weight excluding hydrogens is 312 g/mol. The van der Waals surface area contributed by atoms with Gasteiger partial charge in [-0.25, -0.2) is 0 Å². The van der Waals surface area contributed by atoms with E-state index in [1.54, 1.807) is 0 Å².